The van der Waals surface area contributed by atoms with Gasteiger partial charge in [0, 0.05) is 65.6 Å². The molecule has 1 N–H and O–H groups in total. The van der Waals surface area contributed by atoms with E-state index in [1.165, 1.54) is 0 Å². The third-order valence-corrected chi connectivity index (χ3v) is 11.8. The first-order chi connectivity index (χ1) is 29.4. The number of hydrogen-bond donors (Lipinski definition) is 2. The standard InChI is InChI=1S/C49H47N5O6S/c1-29-16-37-39(50-25-35-20-32-10-5-7-12-41(32)53(35)47(37)56)23-43(29)59-27-30-17-31(19-34(18-30)52-46(55)14-9-15-49(2,3)61)28-60-45-24-40-38(22-44(45)58-4)48(57)54-36(26-51-40)21-33-11-6-8-13-42(33)54/h5-8,10-13,16-19,22-26,35-36,61H,9,14-15,20-21,27-28H2,1-4H3,(H,52,55)/t35-,36-/m0/s1. The quantitative estimate of drug-likeness (QED) is 0.121. The van der Waals surface area contributed by atoms with E-state index in [0.29, 0.717) is 64.7 Å². The van der Waals surface area contributed by atoms with Crippen molar-refractivity contribution in [2.45, 2.75) is 82.9 Å². The summed E-state index contributed by atoms with van der Waals surface area (Å²) in [4.78, 5) is 54.2. The fourth-order valence-corrected chi connectivity index (χ4v) is 8.78. The molecule has 0 bridgehead atoms. The molecule has 5 aromatic carbocycles. The number of thiol groups is 1. The summed E-state index contributed by atoms with van der Waals surface area (Å²) >= 11 is 4.61. The van der Waals surface area contributed by atoms with Gasteiger partial charge in [0.2, 0.25) is 5.91 Å². The number of rotatable bonds is 12. The molecule has 3 amide bonds. The molecule has 2 atom stereocenters. The lowest BCUT2D eigenvalue weighted by Gasteiger charge is -2.22. The third kappa shape index (κ3) is 8.12. The van der Waals surface area contributed by atoms with E-state index >= 15 is 0 Å². The summed E-state index contributed by atoms with van der Waals surface area (Å²) in [5.41, 5.74) is 9.04. The molecule has 9 rings (SSSR count). The predicted molar refractivity (Wildman–Crippen MR) is 243 cm³/mol. The number of anilines is 3. The summed E-state index contributed by atoms with van der Waals surface area (Å²) in [6, 6.07) is 28.4. The van der Waals surface area contributed by atoms with Crippen molar-refractivity contribution in [1.29, 1.82) is 0 Å². The van der Waals surface area contributed by atoms with E-state index in [-0.39, 0.29) is 47.8 Å². The third-order valence-electron chi connectivity index (χ3n) is 11.6. The average Bonchev–Trinajstić information content (AvgIpc) is 3.73. The van der Waals surface area contributed by atoms with E-state index in [9.17, 15) is 14.4 Å². The summed E-state index contributed by atoms with van der Waals surface area (Å²) in [6.07, 6.45) is 6.93. The first-order valence-corrected chi connectivity index (χ1v) is 21.1. The maximum absolute atomic E-state index is 14.0. The molecule has 12 heteroatoms. The van der Waals surface area contributed by atoms with Gasteiger partial charge in [0.05, 0.1) is 41.7 Å². The zero-order valence-corrected chi connectivity index (χ0v) is 35.5. The van der Waals surface area contributed by atoms with E-state index in [4.69, 9.17) is 24.2 Å². The molecule has 310 valence electrons. The number of benzene rings is 5. The Balaban J connectivity index is 0.957. The molecule has 0 unspecified atom stereocenters. The van der Waals surface area contributed by atoms with Crippen LogP contribution in [0, 0.1) is 6.92 Å². The van der Waals surface area contributed by atoms with Crippen molar-refractivity contribution in [2.24, 2.45) is 9.98 Å². The topological polar surface area (TPSA) is 122 Å². The maximum Gasteiger partial charge on any atom is 0.261 e. The number of amides is 3. The average molecular weight is 834 g/mol. The Labute approximate surface area is 360 Å². The van der Waals surface area contributed by atoms with Crippen LogP contribution in [0.1, 0.15) is 81.6 Å². The van der Waals surface area contributed by atoms with Gasteiger partial charge in [-0.1, -0.05) is 50.2 Å². The van der Waals surface area contributed by atoms with Crippen molar-refractivity contribution in [3.8, 4) is 17.2 Å². The number of nitrogens with zero attached hydrogens (tertiary/aromatic N) is 4. The Bertz CT molecular complexity index is 2650. The van der Waals surface area contributed by atoms with Crippen LogP contribution in [0.3, 0.4) is 0 Å². The van der Waals surface area contributed by atoms with Crippen molar-refractivity contribution in [3.63, 3.8) is 0 Å². The maximum atomic E-state index is 14.0. The SMILES string of the molecule is COc1cc2c(cc1OCc1cc(COc3cc4c(cc3C)C(=O)N3c5ccccc5C[C@H]3C=N4)cc(NC(=O)CCCC(C)(C)S)c1)N=C[C@@H]1Cc3ccccc3N1C2=O. The fourth-order valence-electron chi connectivity index (χ4n) is 8.62. The Morgan fingerprint density at radius 1 is 0.754 bits per heavy atom. The minimum absolute atomic E-state index is 0.0845. The van der Waals surface area contributed by atoms with E-state index in [2.05, 4.69) is 24.0 Å². The molecule has 4 aliphatic rings. The predicted octanol–water partition coefficient (Wildman–Crippen LogP) is 9.55. The largest absolute Gasteiger partial charge is 0.493 e. The van der Waals surface area contributed by atoms with E-state index < -0.39 is 0 Å². The van der Waals surface area contributed by atoms with Crippen molar-refractivity contribution < 1.29 is 28.6 Å². The van der Waals surface area contributed by atoms with Crippen molar-refractivity contribution in [3.05, 3.63) is 130 Å². The van der Waals surface area contributed by atoms with Gasteiger partial charge in [0.15, 0.2) is 11.5 Å². The molecule has 61 heavy (non-hydrogen) atoms. The molecule has 4 aliphatic heterocycles. The van der Waals surface area contributed by atoms with Gasteiger partial charge in [-0.15, -0.1) is 0 Å². The van der Waals surface area contributed by atoms with Crippen molar-refractivity contribution in [2.75, 3.05) is 22.2 Å². The number of aryl methyl sites for hydroxylation is 1. The molecule has 0 saturated heterocycles. The number of carbonyl (C=O) groups excluding carboxylic acids is 3. The van der Waals surface area contributed by atoms with Crippen molar-refractivity contribution in [1.82, 2.24) is 0 Å². The van der Waals surface area contributed by atoms with Gasteiger partial charge in [-0.2, -0.15) is 12.6 Å². The summed E-state index contributed by atoms with van der Waals surface area (Å²) in [5, 5.41) is 3.08. The molecule has 0 saturated carbocycles. The van der Waals surface area contributed by atoms with Crippen LogP contribution in [-0.2, 0) is 30.8 Å². The monoisotopic (exact) mass is 833 g/mol. The molecule has 5 aromatic rings. The highest BCUT2D eigenvalue weighted by atomic mass is 32.1. The number of nitrogens with one attached hydrogen (secondary N) is 1. The lowest BCUT2D eigenvalue weighted by Crippen LogP contribution is -2.37. The first kappa shape index (κ1) is 40.0. The number of aliphatic imine (C=N–C) groups is 2. The highest BCUT2D eigenvalue weighted by Gasteiger charge is 2.38. The molecular weight excluding hydrogens is 787 g/mol. The minimum Gasteiger partial charge on any atom is -0.493 e. The zero-order valence-electron chi connectivity index (χ0n) is 34.6. The van der Waals surface area contributed by atoms with Gasteiger partial charge in [0.25, 0.3) is 11.8 Å². The van der Waals surface area contributed by atoms with Crippen molar-refractivity contribution >= 4 is 71.2 Å². The van der Waals surface area contributed by atoms with Crippen LogP contribution in [0.25, 0.3) is 0 Å². The van der Waals surface area contributed by atoms with Crippen LogP contribution in [0.15, 0.2) is 101 Å². The van der Waals surface area contributed by atoms with Gasteiger partial charge < -0.3 is 19.5 Å². The number of hydrogen-bond acceptors (Lipinski definition) is 9. The summed E-state index contributed by atoms with van der Waals surface area (Å²) in [7, 11) is 1.54. The highest BCUT2D eigenvalue weighted by Crippen LogP contribution is 2.42. The lowest BCUT2D eigenvalue weighted by atomic mass is 10.0. The second-order valence-electron chi connectivity index (χ2n) is 16.7. The summed E-state index contributed by atoms with van der Waals surface area (Å²) in [5.74, 6) is 1.09. The number of fused-ring (bicyclic) bond motifs is 8. The molecule has 0 radical (unpaired) electrons. The van der Waals surface area contributed by atoms with E-state index in [1.54, 1.807) is 24.1 Å². The molecule has 0 spiro atoms. The highest BCUT2D eigenvalue weighted by molar-refractivity contribution is 7.81. The van der Waals surface area contributed by atoms with Crippen LogP contribution < -0.4 is 29.3 Å². The number of para-hydroxylation sites is 2. The molecule has 11 nitrogen and oxygen atoms in total. The number of ether oxygens (including phenoxy) is 3. The van der Waals surface area contributed by atoms with E-state index in [1.807, 2.05) is 111 Å². The number of methoxy groups -OCH3 is 1. The lowest BCUT2D eigenvalue weighted by molar-refractivity contribution is -0.116. The minimum atomic E-state index is -0.184. The Morgan fingerprint density at radius 2 is 1.30 bits per heavy atom. The summed E-state index contributed by atoms with van der Waals surface area (Å²) in [6.45, 7) is 6.28. The Kier molecular flexibility index (Phi) is 10.6. The first-order valence-electron chi connectivity index (χ1n) is 20.6. The van der Waals surface area contributed by atoms with E-state index in [0.717, 1.165) is 52.0 Å². The van der Waals surface area contributed by atoms with Gasteiger partial charge in [-0.05, 0) is 90.0 Å². The molecule has 4 heterocycles. The zero-order chi connectivity index (χ0) is 42.4. The van der Waals surface area contributed by atoms with Gasteiger partial charge in [0.1, 0.15) is 19.0 Å². The second kappa shape index (κ2) is 16.2. The fraction of sp³-hybridized carbons (Fsp3) is 0.286. The molecule has 0 fully saturated rings. The van der Waals surface area contributed by atoms with Crippen LogP contribution in [0.2, 0.25) is 0 Å². The van der Waals surface area contributed by atoms with Crippen LogP contribution in [0.5, 0.6) is 17.2 Å². The molecular formula is C49H47N5O6S. The molecule has 0 aromatic heterocycles. The summed E-state index contributed by atoms with van der Waals surface area (Å²) < 4.78 is 18.4. The van der Waals surface area contributed by atoms with Gasteiger partial charge in [-0.25, -0.2) is 0 Å². The second-order valence-corrected chi connectivity index (χ2v) is 17.9. The number of carbonyl (C=O) groups is 3. The van der Waals surface area contributed by atoms with Gasteiger partial charge >= 0.3 is 0 Å². The van der Waals surface area contributed by atoms with Crippen LogP contribution in [0.4, 0.5) is 28.4 Å². The Hall–Kier alpha value is -6.40. The Morgan fingerprint density at radius 3 is 1.87 bits per heavy atom. The van der Waals surface area contributed by atoms with Crippen LogP contribution in [-0.4, -0.2) is 54.1 Å². The molecule has 0 aliphatic carbocycles. The normalized spacial score (nSPS) is 17.1. The van der Waals surface area contributed by atoms with Gasteiger partial charge in [-0.3, -0.25) is 34.2 Å². The smallest absolute Gasteiger partial charge is 0.261 e. The van der Waals surface area contributed by atoms with Crippen LogP contribution >= 0.6 is 12.6 Å².